The minimum absolute atomic E-state index is 0.0229. The van der Waals surface area contributed by atoms with E-state index in [9.17, 15) is 9.59 Å². The minimum atomic E-state index is -0.0822. The summed E-state index contributed by atoms with van der Waals surface area (Å²) in [6.07, 6.45) is 16.0. The summed E-state index contributed by atoms with van der Waals surface area (Å²) in [4.78, 5) is 23.9. The van der Waals surface area contributed by atoms with Gasteiger partial charge in [-0.25, -0.2) is 0 Å². The largest absolute Gasteiger partial charge is 0.463 e. The quantitative estimate of drug-likeness (QED) is 0.202. The maximum absolute atomic E-state index is 12.0. The summed E-state index contributed by atoms with van der Waals surface area (Å²) in [5, 5.41) is 0. The van der Waals surface area contributed by atoms with Crippen molar-refractivity contribution < 1.29 is 28.5 Å². The Kier molecular flexibility index (Phi) is 14.0. The van der Waals surface area contributed by atoms with Gasteiger partial charge < -0.3 is 18.9 Å². The summed E-state index contributed by atoms with van der Waals surface area (Å²) in [6, 6.07) is 0. The molecule has 0 spiro atoms. The molecule has 2 aliphatic rings. The third kappa shape index (κ3) is 12.8. The van der Waals surface area contributed by atoms with Crippen LogP contribution in [-0.4, -0.2) is 49.6 Å². The monoisotopic (exact) mass is 454 g/mol. The third-order valence-electron chi connectivity index (χ3n) is 6.52. The highest BCUT2D eigenvalue weighted by Gasteiger charge is 2.19. The van der Waals surface area contributed by atoms with Gasteiger partial charge in [0.25, 0.3) is 0 Å². The number of hydrogen-bond acceptors (Lipinski definition) is 6. The first-order valence-electron chi connectivity index (χ1n) is 13.1. The Bertz CT molecular complexity index is 464. The SMILES string of the molecule is C[C@H](CC[C@H]1CCCO1)OC(=O)CCCCCCCCC(=O)O[C@@H](C)CC[C@@H]1CCCO1. The number of ether oxygens (including phenoxy) is 4. The Morgan fingerprint density at radius 1 is 0.719 bits per heavy atom. The molecule has 0 saturated carbocycles. The first-order valence-corrected chi connectivity index (χ1v) is 13.1. The van der Waals surface area contributed by atoms with Crippen molar-refractivity contribution in [2.24, 2.45) is 0 Å². The first-order chi connectivity index (χ1) is 15.5. The maximum Gasteiger partial charge on any atom is 0.306 e. The van der Waals surface area contributed by atoms with E-state index in [2.05, 4.69) is 0 Å². The normalized spacial score (nSPS) is 22.6. The Hall–Kier alpha value is -1.14. The Morgan fingerprint density at radius 2 is 1.12 bits per heavy atom. The van der Waals surface area contributed by atoms with Crippen LogP contribution in [0, 0.1) is 0 Å². The van der Waals surface area contributed by atoms with Crippen molar-refractivity contribution >= 4 is 11.9 Å². The summed E-state index contributed by atoms with van der Waals surface area (Å²) >= 11 is 0. The highest BCUT2D eigenvalue weighted by molar-refractivity contribution is 5.69. The lowest BCUT2D eigenvalue weighted by atomic mass is 10.1. The van der Waals surface area contributed by atoms with Crippen molar-refractivity contribution in [3.63, 3.8) is 0 Å². The molecule has 0 bridgehead atoms. The van der Waals surface area contributed by atoms with Gasteiger partial charge in [0.15, 0.2) is 0 Å². The van der Waals surface area contributed by atoms with Crippen molar-refractivity contribution in [2.45, 2.75) is 141 Å². The highest BCUT2D eigenvalue weighted by Crippen LogP contribution is 2.20. The second-order valence-corrected chi connectivity index (χ2v) is 9.65. The molecule has 2 heterocycles. The van der Waals surface area contributed by atoms with E-state index >= 15 is 0 Å². The summed E-state index contributed by atoms with van der Waals surface area (Å²) in [5.41, 5.74) is 0. The molecule has 186 valence electrons. The zero-order chi connectivity index (χ0) is 23.0. The van der Waals surface area contributed by atoms with Gasteiger partial charge in [0, 0.05) is 26.1 Å². The van der Waals surface area contributed by atoms with E-state index < -0.39 is 0 Å². The second kappa shape index (κ2) is 16.5. The minimum Gasteiger partial charge on any atom is -0.463 e. The van der Waals surface area contributed by atoms with E-state index in [4.69, 9.17) is 18.9 Å². The average molecular weight is 455 g/mol. The molecule has 6 heteroatoms. The molecule has 2 saturated heterocycles. The molecule has 0 N–H and O–H groups in total. The molecular weight excluding hydrogens is 408 g/mol. The van der Waals surface area contributed by atoms with Crippen molar-refractivity contribution in [2.75, 3.05) is 13.2 Å². The van der Waals surface area contributed by atoms with Crippen molar-refractivity contribution in [1.29, 1.82) is 0 Å². The molecule has 2 fully saturated rings. The summed E-state index contributed by atoms with van der Waals surface area (Å²) in [5.74, 6) is -0.164. The van der Waals surface area contributed by atoms with Crippen LogP contribution in [0.2, 0.25) is 0 Å². The van der Waals surface area contributed by atoms with E-state index in [1.165, 1.54) is 0 Å². The van der Waals surface area contributed by atoms with Crippen molar-refractivity contribution in [1.82, 2.24) is 0 Å². The highest BCUT2D eigenvalue weighted by atomic mass is 16.5. The second-order valence-electron chi connectivity index (χ2n) is 9.65. The summed E-state index contributed by atoms with van der Waals surface area (Å²) in [6.45, 7) is 5.70. The third-order valence-corrected chi connectivity index (χ3v) is 6.52. The fraction of sp³-hybridized carbons (Fsp3) is 0.923. The number of esters is 2. The maximum atomic E-state index is 12.0. The van der Waals surface area contributed by atoms with E-state index in [0.29, 0.717) is 25.0 Å². The van der Waals surface area contributed by atoms with Gasteiger partial charge in [0.1, 0.15) is 0 Å². The van der Waals surface area contributed by atoms with Crippen LogP contribution in [0.15, 0.2) is 0 Å². The van der Waals surface area contributed by atoms with E-state index in [1.54, 1.807) is 0 Å². The first kappa shape index (κ1) is 27.1. The van der Waals surface area contributed by atoms with Crippen LogP contribution < -0.4 is 0 Å². The van der Waals surface area contributed by atoms with E-state index in [1.807, 2.05) is 13.8 Å². The molecule has 4 atom stereocenters. The van der Waals surface area contributed by atoms with Crippen LogP contribution in [0.3, 0.4) is 0 Å². The topological polar surface area (TPSA) is 71.1 Å². The molecule has 0 aromatic rings. The standard InChI is InChI=1S/C26H46O6/c1-21(15-17-23-11-9-19-29-23)31-25(27)13-7-5-3-4-6-8-14-26(28)32-22(2)16-18-24-12-10-20-30-24/h21-24H,3-20H2,1-2H3/t21-,22+,23-,24+. The molecule has 0 unspecified atom stereocenters. The lowest BCUT2D eigenvalue weighted by molar-refractivity contribution is -0.150. The van der Waals surface area contributed by atoms with Gasteiger partial charge in [-0.2, -0.15) is 0 Å². The Labute approximate surface area is 195 Å². The van der Waals surface area contributed by atoms with Crippen LogP contribution in [0.5, 0.6) is 0 Å². The smallest absolute Gasteiger partial charge is 0.306 e. The summed E-state index contributed by atoms with van der Waals surface area (Å²) < 4.78 is 22.2. The van der Waals surface area contributed by atoms with Crippen LogP contribution in [0.25, 0.3) is 0 Å². The fourth-order valence-electron chi connectivity index (χ4n) is 4.52. The number of carbonyl (C=O) groups excluding carboxylic acids is 2. The van der Waals surface area contributed by atoms with Crippen LogP contribution in [0.1, 0.15) is 117 Å². The van der Waals surface area contributed by atoms with Crippen LogP contribution in [-0.2, 0) is 28.5 Å². The molecule has 2 aliphatic heterocycles. The van der Waals surface area contributed by atoms with Gasteiger partial charge in [0.2, 0.25) is 0 Å². The molecular formula is C26H46O6. The molecule has 0 aromatic heterocycles. The number of hydrogen-bond donors (Lipinski definition) is 0. The summed E-state index contributed by atoms with van der Waals surface area (Å²) in [7, 11) is 0. The number of rotatable bonds is 17. The van der Waals surface area contributed by atoms with Gasteiger partial charge in [-0.1, -0.05) is 25.7 Å². The zero-order valence-corrected chi connectivity index (χ0v) is 20.5. The Morgan fingerprint density at radius 3 is 1.50 bits per heavy atom. The predicted octanol–water partition coefficient (Wildman–Crippen LogP) is 5.89. The average Bonchev–Trinajstić information content (AvgIpc) is 3.47. The molecule has 6 nitrogen and oxygen atoms in total. The van der Waals surface area contributed by atoms with Crippen LogP contribution >= 0.6 is 0 Å². The molecule has 0 amide bonds. The number of carbonyl (C=O) groups is 2. The van der Waals surface area contributed by atoms with Crippen molar-refractivity contribution in [3.8, 4) is 0 Å². The predicted molar refractivity (Wildman–Crippen MR) is 124 cm³/mol. The lowest BCUT2D eigenvalue weighted by Crippen LogP contribution is -2.17. The van der Waals surface area contributed by atoms with Gasteiger partial charge in [-0.05, 0) is 78.1 Å². The molecule has 0 radical (unpaired) electrons. The van der Waals surface area contributed by atoms with Gasteiger partial charge in [0.05, 0.1) is 24.4 Å². The van der Waals surface area contributed by atoms with Gasteiger partial charge in [-0.3, -0.25) is 9.59 Å². The number of unbranched alkanes of at least 4 members (excludes halogenated alkanes) is 5. The van der Waals surface area contributed by atoms with Crippen molar-refractivity contribution in [3.05, 3.63) is 0 Å². The lowest BCUT2D eigenvalue weighted by Gasteiger charge is -2.15. The Balaban J connectivity index is 1.35. The molecule has 0 aromatic carbocycles. The van der Waals surface area contributed by atoms with Gasteiger partial charge >= 0.3 is 11.9 Å². The molecule has 2 rings (SSSR count). The van der Waals surface area contributed by atoms with Gasteiger partial charge in [-0.15, -0.1) is 0 Å². The zero-order valence-electron chi connectivity index (χ0n) is 20.5. The molecule has 0 aliphatic carbocycles. The fourth-order valence-corrected chi connectivity index (χ4v) is 4.52. The van der Waals surface area contributed by atoms with E-state index in [0.717, 1.165) is 103 Å². The molecule has 32 heavy (non-hydrogen) atoms. The van der Waals surface area contributed by atoms with E-state index in [-0.39, 0.29) is 24.1 Å². The van der Waals surface area contributed by atoms with Crippen LogP contribution in [0.4, 0.5) is 0 Å².